The second-order valence-electron chi connectivity index (χ2n) is 5.24. The molecule has 0 amide bonds. The SMILES string of the molecule is CC1(C)CCN(c2cc(Cl)nc3ncnn23)C1. The van der Waals surface area contributed by atoms with E-state index in [1.54, 1.807) is 4.52 Å². The highest BCUT2D eigenvalue weighted by Gasteiger charge is 2.30. The lowest BCUT2D eigenvalue weighted by Gasteiger charge is -2.21. The summed E-state index contributed by atoms with van der Waals surface area (Å²) >= 11 is 6.01. The molecule has 0 bridgehead atoms. The molecule has 0 spiro atoms. The monoisotopic (exact) mass is 251 g/mol. The summed E-state index contributed by atoms with van der Waals surface area (Å²) in [6, 6.07) is 1.85. The Hall–Kier alpha value is -1.36. The van der Waals surface area contributed by atoms with Gasteiger partial charge in [0.05, 0.1) is 0 Å². The minimum absolute atomic E-state index is 0.336. The van der Waals surface area contributed by atoms with Crippen LogP contribution in [0.4, 0.5) is 5.82 Å². The Balaban J connectivity index is 2.08. The fourth-order valence-corrected chi connectivity index (χ4v) is 2.48. The molecule has 2 aromatic heterocycles. The average Bonchev–Trinajstić information content (AvgIpc) is 2.82. The summed E-state index contributed by atoms with van der Waals surface area (Å²) in [6.45, 7) is 6.56. The maximum Gasteiger partial charge on any atom is 0.255 e. The molecule has 90 valence electrons. The minimum Gasteiger partial charge on any atom is -0.356 e. The van der Waals surface area contributed by atoms with Crippen molar-refractivity contribution in [2.45, 2.75) is 20.3 Å². The number of fused-ring (bicyclic) bond motifs is 1. The van der Waals surface area contributed by atoms with Gasteiger partial charge < -0.3 is 4.90 Å². The first-order valence-electron chi connectivity index (χ1n) is 5.66. The van der Waals surface area contributed by atoms with Crippen molar-refractivity contribution in [2.75, 3.05) is 18.0 Å². The number of hydrogen-bond acceptors (Lipinski definition) is 4. The third kappa shape index (κ3) is 1.84. The van der Waals surface area contributed by atoms with Crippen LogP contribution in [-0.4, -0.2) is 32.7 Å². The predicted octanol–water partition coefficient (Wildman–Crippen LogP) is 2.01. The zero-order valence-corrected chi connectivity index (χ0v) is 10.6. The fourth-order valence-electron chi connectivity index (χ4n) is 2.30. The van der Waals surface area contributed by atoms with E-state index in [2.05, 4.69) is 33.8 Å². The number of hydrogen-bond donors (Lipinski definition) is 0. The zero-order chi connectivity index (χ0) is 12.0. The Morgan fingerprint density at radius 3 is 2.94 bits per heavy atom. The maximum absolute atomic E-state index is 6.01. The molecule has 17 heavy (non-hydrogen) atoms. The first-order valence-corrected chi connectivity index (χ1v) is 6.04. The van der Waals surface area contributed by atoms with E-state index in [4.69, 9.17) is 11.6 Å². The molecule has 3 heterocycles. The normalized spacial score (nSPS) is 19.1. The van der Waals surface area contributed by atoms with Gasteiger partial charge in [-0.25, -0.2) is 0 Å². The topological polar surface area (TPSA) is 46.3 Å². The summed E-state index contributed by atoms with van der Waals surface area (Å²) in [5, 5.41) is 4.66. The zero-order valence-electron chi connectivity index (χ0n) is 9.89. The minimum atomic E-state index is 0.336. The van der Waals surface area contributed by atoms with Gasteiger partial charge in [0.25, 0.3) is 5.78 Å². The molecule has 2 aromatic rings. The lowest BCUT2D eigenvalue weighted by atomic mass is 9.93. The average molecular weight is 252 g/mol. The van der Waals surface area contributed by atoms with Crippen molar-refractivity contribution in [1.29, 1.82) is 0 Å². The largest absolute Gasteiger partial charge is 0.356 e. The van der Waals surface area contributed by atoms with Gasteiger partial charge in [0, 0.05) is 19.2 Å². The molecule has 5 nitrogen and oxygen atoms in total. The van der Waals surface area contributed by atoms with Crippen LogP contribution in [0.5, 0.6) is 0 Å². The smallest absolute Gasteiger partial charge is 0.255 e. The van der Waals surface area contributed by atoms with Crippen LogP contribution < -0.4 is 4.90 Å². The number of nitrogens with zero attached hydrogens (tertiary/aromatic N) is 5. The Morgan fingerprint density at radius 1 is 1.41 bits per heavy atom. The van der Waals surface area contributed by atoms with Crippen LogP contribution in [0.2, 0.25) is 5.15 Å². The molecule has 0 radical (unpaired) electrons. The van der Waals surface area contributed by atoms with Crippen molar-refractivity contribution in [3.05, 3.63) is 17.5 Å². The molecular weight excluding hydrogens is 238 g/mol. The summed E-state index contributed by atoms with van der Waals surface area (Å²) < 4.78 is 1.74. The van der Waals surface area contributed by atoms with E-state index in [0.29, 0.717) is 16.3 Å². The molecule has 1 saturated heterocycles. The van der Waals surface area contributed by atoms with Crippen LogP contribution in [0.1, 0.15) is 20.3 Å². The highest BCUT2D eigenvalue weighted by molar-refractivity contribution is 6.29. The third-order valence-electron chi connectivity index (χ3n) is 3.20. The number of rotatable bonds is 1. The van der Waals surface area contributed by atoms with Crippen LogP contribution in [0, 0.1) is 5.41 Å². The van der Waals surface area contributed by atoms with Crippen molar-refractivity contribution in [3.63, 3.8) is 0 Å². The second kappa shape index (κ2) is 3.57. The number of aromatic nitrogens is 4. The first-order chi connectivity index (χ1) is 8.05. The van der Waals surface area contributed by atoms with Gasteiger partial charge in [0.1, 0.15) is 17.3 Å². The molecule has 0 aliphatic carbocycles. The molecule has 0 saturated carbocycles. The quantitative estimate of drug-likeness (QED) is 0.728. The first kappa shape index (κ1) is 10.8. The lowest BCUT2D eigenvalue weighted by molar-refractivity contribution is 0.418. The molecule has 0 aromatic carbocycles. The van der Waals surface area contributed by atoms with Crippen LogP contribution in [0.15, 0.2) is 12.4 Å². The van der Waals surface area contributed by atoms with Gasteiger partial charge in [-0.3, -0.25) is 0 Å². The maximum atomic E-state index is 6.01. The summed E-state index contributed by atoms with van der Waals surface area (Å²) in [5.41, 5.74) is 0.336. The van der Waals surface area contributed by atoms with E-state index in [1.807, 2.05) is 6.07 Å². The van der Waals surface area contributed by atoms with Crippen molar-refractivity contribution in [1.82, 2.24) is 19.6 Å². The lowest BCUT2D eigenvalue weighted by Crippen LogP contribution is -2.25. The van der Waals surface area contributed by atoms with Gasteiger partial charge in [0.15, 0.2) is 0 Å². The van der Waals surface area contributed by atoms with Crippen LogP contribution in [-0.2, 0) is 0 Å². The molecule has 0 N–H and O–H groups in total. The molecule has 1 aliphatic rings. The number of halogens is 1. The molecule has 0 atom stereocenters. The van der Waals surface area contributed by atoms with E-state index >= 15 is 0 Å². The molecule has 1 fully saturated rings. The molecular formula is C11H14ClN5. The van der Waals surface area contributed by atoms with Crippen molar-refractivity contribution >= 4 is 23.2 Å². The van der Waals surface area contributed by atoms with Gasteiger partial charge in [0.2, 0.25) is 0 Å². The fraction of sp³-hybridized carbons (Fsp3) is 0.545. The standard InChI is InChI=1S/C11H14ClN5/c1-11(2)3-4-16(6-11)9-5-8(12)15-10-13-7-14-17(9)10/h5,7H,3-4,6H2,1-2H3. The summed E-state index contributed by atoms with van der Waals surface area (Å²) in [6.07, 6.45) is 2.67. The molecule has 3 rings (SSSR count). The summed E-state index contributed by atoms with van der Waals surface area (Å²) in [4.78, 5) is 10.5. The molecule has 0 unspecified atom stereocenters. The third-order valence-corrected chi connectivity index (χ3v) is 3.40. The van der Waals surface area contributed by atoms with Gasteiger partial charge in [-0.1, -0.05) is 25.4 Å². The van der Waals surface area contributed by atoms with Crippen LogP contribution in [0.3, 0.4) is 0 Å². The molecule has 1 aliphatic heterocycles. The van der Waals surface area contributed by atoms with Crippen molar-refractivity contribution < 1.29 is 0 Å². The number of anilines is 1. The Morgan fingerprint density at radius 2 is 2.24 bits per heavy atom. The van der Waals surface area contributed by atoms with E-state index < -0.39 is 0 Å². The van der Waals surface area contributed by atoms with Crippen molar-refractivity contribution in [3.8, 4) is 0 Å². The molecule has 6 heteroatoms. The van der Waals surface area contributed by atoms with Crippen LogP contribution >= 0.6 is 11.6 Å². The van der Waals surface area contributed by atoms with Crippen molar-refractivity contribution in [2.24, 2.45) is 5.41 Å². The van der Waals surface area contributed by atoms with Gasteiger partial charge in [-0.15, -0.1) is 0 Å². The summed E-state index contributed by atoms with van der Waals surface area (Å²) in [7, 11) is 0. The van der Waals surface area contributed by atoms with Gasteiger partial charge in [-0.05, 0) is 11.8 Å². The van der Waals surface area contributed by atoms with E-state index in [9.17, 15) is 0 Å². The Labute approximate surface area is 104 Å². The van der Waals surface area contributed by atoms with E-state index in [0.717, 1.165) is 18.9 Å². The highest BCUT2D eigenvalue weighted by atomic mass is 35.5. The highest BCUT2D eigenvalue weighted by Crippen LogP contribution is 2.32. The Kier molecular flexibility index (Phi) is 2.26. The van der Waals surface area contributed by atoms with E-state index in [1.165, 1.54) is 12.7 Å². The Bertz CT molecular complexity index is 562. The van der Waals surface area contributed by atoms with Gasteiger partial charge in [-0.2, -0.15) is 19.6 Å². The summed E-state index contributed by atoms with van der Waals surface area (Å²) in [5.74, 6) is 1.53. The second-order valence-corrected chi connectivity index (χ2v) is 5.63. The predicted molar refractivity (Wildman–Crippen MR) is 66.4 cm³/mol. The van der Waals surface area contributed by atoms with Gasteiger partial charge >= 0.3 is 0 Å². The van der Waals surface area contributed by atoms with Crippen LogP contribution in [0.25, 0.3) is 5.78 Å². The van der Waals surface area contributed by atoms with E-state index in [-0.39, 0.29) is 0 Å².